The summed E-state index contributed by atoms with van der Waals surface area (Å²) in [6.45, 7) is 8.58. The summed E-state index contributed by atoms with van der Waals surface area (Å²) in [6, 6.07) is 15.6. The number of nitrogens with two attached hydrogens (primary N) is 1. The van der Waals surface area contributed by atoms with Crippen LogP contribution in [0.3, 0.4) is 0 Å². The molecule has 0 aliphatic heterocycles. The average molecular weight is 256 g/mol. The van der Waals surface area contributed by atoms with E-state index in [1.54, 1.807) is 0 Å². The first-order chi connectivity index (χ1) is 9.11. The summed E-state index contributed by atoms with van der Waals surface area (Å²) in [5.74, 6) is 0. The Bertz CT molecular complexity index is 534. The summed E-state index contributed by atoms with van der Waals surface area (Å²) < 4.78 is 0. The fourth-order valence-electron chi connectivity index (χ4n) is 2.50. The van der Waals surface area contributed by atoms with Gasteiger partial charge < -0.3 is 5.73 Å². The predicted octanol–water partition coefficient (Wildman–Crippen LogP) is 3.57. The van der Waals surface area contributed by atoms with Crippen LogP contribution in [-0.4, -0.2) is 24.0 Å². The third kappa shape index (κ3) is 3.34. The van der Waals surface area contributed by atoms with E-state index in [1.165, 1.54) is 16.3 Å². The van der Waals surface area contributed by atoms with Crippen molar-refractivity contribution in [3.63, 3.8) is 0 Å². The van der Waals surface area contributed by atoms with Crippen LogP contribution in [0.4, 0.5) is 0 Å². The second kappa shape index (κ2) is 6.18. The van der Waals surface area contributed by atoms with Crippen molar-refractivity contribution in [2.24, 2.45) is 5.73 Å². The number of benzene rings is 2. The van der Waals surface area contributed by atoms with Crippen LogP contribution in [0.25, 0.3) is 10.8 Å². The van der Waals surface area contributed by atoms with Crippen LogP contribution in [0.5, 0.6) is 0 Å². The van der Waals surface area contributed by atoms with Crippen molar-refractivity contribution < 1.29 is 0 Å². The second-order valence-corrected chi connectivity index (χ2v) is 5.39. The molecule has 1 unspecified atom stereocenters. The molecular formula is C17H24N2. The van der Waals surface area contributed by atoms with Gasteiger partial charge in [0, 0.05) is 18.6 Å². The molecule has 0 bridgehead atoms. The molecule has 19 heavy (non-hydrogen) atoms. The molecule has 102 valence electrons. The smallest absolute Gasteiger partial charge is 0.0424 e. The topological polar surface area (TPSA) is 29.3 Å². The van der Waals surface area contributed by atoms with Crippen molar-refractivity contribution in [1.82, 2.24) is 4.90 Å². The zero-order valence-electron chi connectivity index (χ0n) is 12.1. The molecule has 2 nitrogen and oxygen atoms in total. The van der Waals surface area contributed by atoms with Crippen molar-refractivity contribution in [2.45, 2.75) is 32.9 Å². The highest BCUT2D eigenvalue weighted by molar-refractivity contribution is 5.83. The van der Waals surface area contributed by atoms with E-state index >= 15 is 0 Å². The minimum Gasteiger partial charge on any atom is -0.323 e. The van der Waals surface area contributed by atoms with E-state index in [0.717, 1.165) is 13.1 Å². The lowest BCUT2D eigenvalue weighted by Crippen LogP contribution is -2.36. The van der Waals surface area contributed by atoms with Crippen molar-refractivity contribution in [3.05, 3.63) is 48.0 Å². The van der Waals surface area contributed by atoms with Gasteiger partial charge in [0.05, 0.1) is 0 Å². The summed E-state index contributed by atoms with van der Waals surface area (Å²) >= 11 is 0. The summed E-state index contributed by atoms with van der Waals surface area (Å²) in [5, 5.41) is 2.54. The van der Waals surface area contributed by atoms with Gasteiger partial charge in [-0.05, 0) is 42.8 Å². The Morgan fingerprint density at radius 3 is 2.37 bits per heavy atom. The maximum atomic E-state index is 6.36. The van der Waals surface area contributed by atoms with Gasteiger partial charge in [-0.2, -0.15) is 0 Å². The largest absolute Gasteiger partial charge is 0.323 e. The fourth-order valence-corrected chi connectivity index (χ4v) is 2.50. The minimum absolute atomic E-state index is 0.0759. The summed E-state index contributed by atoms with van der Waals surface area (Å²) in [7, 11) is 0. The van der Waals surface area contributed by atoms with E-state index in [-0.39, 0.29) is 6.04 Å². The van der Waals surface area contributed by atoms with Gasteiger partial charge in [-0.15, -0.1) is 0 Å². The molecule has 2 aromatic carbocycles. The fraction of sp³-hybridized carbons (Fsp3) is 0.412. The van der Waals surface area contributed by atoms with Crippen molar-refractivity contribution in [3.8, 4) is 0 Å². The van der Waals surface area contributed by atoms with Gasteiger partial charge in [0.25, 0.3) is 0 Å². The molecule has 0 spiro atoms. The van der Waals surface area contributed by atoms with Gasteiger partial charge in [-0.25, -0.2) is 0 Å². The predicted molar refractivity (Wildman–Crippen MR) is 83.3 cm³/mol. The van der Waals surface area contributed by atoms with Gasteiger partial charge in [0.2, 0.25) is 0 Å². The van der Waals surface area contributed by atoms with Gasteiger partial charge in [-0.3, -0.25) is 4.90 Å². The van der Waals surface area contributed by atoms with Gasteiger partial charge in [0.1, 0.15) is 0 Å². The number of rotatable bonds is 5. The molecule has 0 heterocycles. The summed E-state index contributed by atoms with van der Waals surface area (Å²) in [4.78, 5) is 2.40. The number of fused-ring (bicyclic) bond motifs is 1. The molecule has 2 N–H and O–H groups in total. The Balaban J connectivity index is 2.19. The number of hydrogen-bond donors (Lipinski definition) is 1. The molecule has 2 aromatic rings. The lowest BCUT2D eigenvalue weighted by atomic mass is 10.0. The van der Waals surface area contributed by atoms with E-state index in [4.69, 9.17) is 5.73 Å². The third-order valence-electron chi connectivity index (χ3n) is 3.77. The molecule has 2 heteroatoms. The quantitative estimate of drug-likeness (QED) is 0.886. The van der Waals surface area contributed by atoms with E-state index < -0.39 is 0 Å². The van der Waals surface area contributed by atoms with E-state index in [0.29, 0.717) is 6.04 Å². The van der Waals surface area contributed by atoms with Crippen LogP contribution in [0.15, 0.2) is 42.5 Å². The minimum atomic E-state index is 0.0759. The normalized spacial score (nSPS) is 13.4. The molecular weight excluding hydrogens is 232 g/mol. The monoisotopic (exact) mass is 256 g/mol. The lowest BCUT2D eigenvalue weighted by molar-refractivity contribution is 0.220. The van der Waals surface area contributed by atoms with E-state index in [9.17, 15) is 0 Å². The van der Waals surface area contributed by atoms with Gasteiger partial charge in [-0.1, -0.05) is 43.3 Å². The zero-order valence-corrected chi connectivity index (χ0v) is 12.1. The maximum absolute atomic E-state index is 6.36. The van der Waals surface area contributed by atoms with Crippen LogP contribution < -0.4 is 5.73 Å². The van der Waals surface area contributed by atoms with E-state index in [2.05, 4.69) is 68.1 Å². The highest BCUT2D eigenvalue weighted by Crippen LogP contribution is 2.20. The highest BCUT2D eigenvalue weighted by atomic mass is 15.1. The Kier molecular flexibility index (Phi) is 4.56. The molecule has 0 radical (unpaired) electrons. The number of likely N-dealkylation sites (N-methyl/N-ethyl adjacent to an activating group) is 1. The summed E-state index contributed by atoms with van der Waals surface area (Å²) in [5.41, 5.74) is 7.58. The molecule has 1 atom stereocenters. The number of nitrogens with zero attached hydrogens (tertiary/aromatic N) is 1. The van der Waals surface area contributed by atoms with Gasteiger partial charge in [0.15, 0.2) is 0 Å². The molecule has 0 fully saturated rings. The van der Waals surface area contributed by atoms with Crippen molar-refractivity contribution in [1.29, 1.82) is 0 Å². The standard InChI is InChI=1S/C17H24N2/c1-4-19(13(2)3)12-17(18)16-10-9-14-7-5-6-8-15(14)11-16/h5-11,13,17H,4,12,18H2,1-3H3. The third-order valence-corrected chi connectivity index (χ3v) is 3.77. The Hall–Kier alpha value is -1.38. The Morgan fingerprint density at radius 1 is 1.05 bits per heavy atom. The van der Waals surface area contributed by atoms with Crippen molar-refractivity contribution >= 4 is 10.8 Å². The van der Waals surface area contributed by atoms with Crippen molar-refractivity contribution in [2.75, 3.05) is 13.1 Å². The zero-order chi connectivity index (χ0) is 13.8. The molecule has 0 saturated heterocycles. The Morgan fingerprint density at radius 2 is 1.74 bits per heavy atom. The van der Waals surface area contributed by atoms with Crippen LogP contribution in [-0.2, 0) is 0 Å². The first-order valence-electron chi connectivity index (χ1n) is 7.10. The lowest BCUT2D eigenvalue weighted by Gasteiger charge is -2.28. The Labute approximate surface area is 116 Å². The molecule has 2 rings (SSSR count). The molecule has 0 aliphatic carbocycles. The van der Waals surface area contributed by atoms with Crippen LogP contribution >= 0.6 is 0 Å². The molecule has 0 aliphatic rings. The molecule has 0 aromatic heterocycles. The highest BCUT2D eigenvalue weighted by Gasteiger charge is 2.13. The second-order valence-electron chi connectivity index (χ2n) is 5.39. The summed E-state index contributed by atoms with van der Waals surface area (Å²) in [6.07, 6.45) is 0. The van der Waals surface area contributed by atoms with E-state index in [1.807, 2.05) is 0 Å². The molecule has 0 amide bonds. The van der Waals surface area contributed by atoms with Crippen LogP contribution in [0.1, 0.15) is 32.4 Å². The number of hydrogen-bond acceptors (Lipinski definition) is 2. The maximum Gasteiger partial charge on any atom is 0.0424 e. The SMILES string of the molecule is CCN(CC(N)c1ccc2ccccc2c1)C(C)C. The first kappa shape index (κ1) is 14.0. The van der Waals surface area contributed by atoms with Crippen LogP contribution in [0, 0.1) is 0 Å². The van der Waals surface area contributed by atoms with Crippen LogP contribution in [0.2, 0.25) is 0 Å². The molecule has 0 saturated carbocycles. The first-order valence-corrected chi connectivity index (χ1v) is 7.10. The van der Waals surface area contributed by atoms with Gasteiger partial charge >= 0.3 is 0 Å². The average Bonchev–Trinajstić information content (AvgIpc) is 2.43.